The number of hydrogen-bond acceptors (Lipinski definition) is 5. The predicted octanol–water partition coefficient (Wildman–Crippen LogP) is 2.24. The highest BCUT2D eigenvalue weighted by atomic mass is 32.1. The molecule has 1 atom stereocenters. The van der Waals surface area contributed by atoms with Crippen molar-refractivity contribution in [1.82, 2.24) is 20.4 Å². The van der Waals surface area contributed by atoms with E-state index in [4.69, 9.17) is 4.42 Å². The summed E-state index contributed by atoms with van der Waals surface area (Å²) in [5, 5.41) is 12.8. The first-order valence-electron chi connectivity index (χ1n) is 6.98. The minimum Gasteiger partial charge on any atom is -0.468 e. The molecule has 1 aliphatic heterocycles. The summed E-state index contributed by atoms with van der Waals surface area (Å²) in [6.07, 6.45) is 1.56. The van der Waals surface area contributed by atoms with E-state index in [1.54, 1.807) is 22.3 Å². The van der Waals surface area contributed by atoms with Crippen molar-refractivity contribution >= 4 is 17.2 Å². The molecule has 6 nitrogen and oxygen atoms in total. The molecule has 1 amide bonds. The van der Waals surface area contributed by atoms with Gasteiger partial charge in [-0.3, -0.25) is 10.1 Å². The quantitative estimate of drug-likeness (QED) is 0.774. The number of nitrogens with one attached hydrogen (secondary N) is 2. The molecule has 7 heteroatoms. The molecule has 0 aliphatic carbocycles. The fourth-order valence-corrected chi connectivity index (χ4v) is 3.18. The fraction of sp³-hybridized carbons (Fsp3) is 0.200. The van der Waals surface area contributed by atoms with Crippen LogP contribution in [0.5, 0.6) is 0 Å². The lowest BCUT2D eigenvalue weighted by atomic mass is 10.2. The molecule has 3 aromatic heterocycles. The van der Waals surface area contributed by atoms with Crippen LogP contribution < -0.4 is 10.6 Å². The second kappa shape index (κ2) is 5.43. The van der Waals surface area contributed by atoms with Crippen molar-refractivity contribution in [3.8, 4) is 10.6 Å². The van der Waals surface area contributed by atoms with E-state index >= 15 is 0 Å². The molecule has 4 rings (SSSR count). The number of furan rings is 1. The number of thiophene rings is 1. The van der Waals surface area contributed by atoms with Gasteiger partial charge in [-0.1, -0.05) is 6.07 Å². The summed E-state index contributed by atoms with van der Waals surface area (Å²) in [6.45, 7) is 1.08. The molecule has 1 unspecified atom stereocenters. The molecule has 0 aromatic carbocycles. The van der Waals surface area contributed by atoms with E-state index in [2.05, 4.69) is 15.7 Å². The highest BCUT2D eigenvalue weighted by Gasteiger charge is 2.27. The summed E-state index contributed by atoms with van der Waals surface area (Å²) in [5.74, 6) is 0.760. The fourth-order valence-electron chi connectivity index (χ4n) is 2.50. The predicted molar refractivity (Wildman–Crippen MR) is 82.5 cm³/mol. The Morgan fingerprint density at radius 2 is 2.41 bits per heavy atom. The van der Waals surface area contributed by atoms with Gasteiger partial charge in [0.1, 0.15) is 23.3 Å². The number of fused-ring (bicyclic) bond motifs is 1. The van der Waals surface area contributed by atoms with Gasteiger partial charge in [-0.05, 0) is 29.6 Å². The standard InChI is InChI=1S/C15H14N4O2S/c20-15-12-7-11(13-4-2-6-22-13)18-19(12)14(9-17-15)16-8-10-3-1-5-21-10/h1-7,14,16H,8-9H2,(H,17,20). The van der Waals surface area contributed by atoms with Gasteiger partial charge in [0.05, 0.1) is 24.2 Å². The molecule has 0 spiro atoms. The SMILES string of the molecule is O=C1NCC(NCc2ccco2)n2nc(-c3cccs3)cc21. The second-order valence-corrected chi connectivity index (χ2v) is 5.97. The van der Waals surface area contributed by atoms with Gasteiger partial charge < -0.3 is 9.73 Å². The molecule has 2 N–H and O–H groups in total. The van der Waals surface area contributed by atoms with E-state index < -0.39 is 0 Å². The molecule has 1 aliphatic rings. The van der Waals surface area contributed by atoms with Crippen LogP contribution in [0.3, 0.4) is 0 Å². The van der Waals surface area contributed by atoms with E-state index in [9.17, 15) is 4.79 Å². The van der Waals surface area contributed by atoms with Crippen molar-refractivity contribution in [2.75, 3.05) is 6.54 Å². The number of rotatable bonds is 4. The van der Waals surface area contributed by atoms with Crippen LogP contribution in [0.25, 0.3) is 10.6 Å². The van der Waals surface area contributed by atoms with Gasteiger partial charge in [-0.2, -0.15) is 5.10 Å². The Bertz CT molecular complexity index is 777. The van der Waals surface area contributed by atoms with Gasteiger partial charge in [-0.15, -0.1) is 11.3 Å². The van der Waals surface area contributed by atoms with Crippen LogP contribution in [0.1, 0.15) is 22.4 Å². The average Bonchev–Trinajstić information content (AvgIpc) is 3.26. The monoisotopic (exact) mass is 314 g/mol. The third-order valence-corrected chi connectivity index (χ3v) is 4.48. The minimum absolute atomic E-state index is 0.0912. The Kier molecular flexibility index (Phi) is 3.28. The summed E-state index contributed by atoms with van der Waals surface area (Å²) in [7, 11) is 0. The zero-order valence-corrected chi connectivity index (χ0v) is 12.5. The highest BCUT2D eigenvalue weighted by molar-refractivity contribution is 7.13. The lowest BCUT2D eigenvalue weighted by Crippen LogP contribution is -2.45. The van der Waals surface area contributed by atoms with Gasteiger partial charge in [-0.25, -0.2) is 4.68 Å². The van der Waals surface area contributed by atoms with E-state index in [0.717, 1.165) is 16.3 Å². The second-order valence-electron chi connectivity index (χ2n) is 5.02. The Hall–Kier alpha value is -2.38. The van der Waals surface area contributed by atoms with Crippen molar-refractivity contribution in [1.29, 1.82) is 0 Å². The molecule has 0 bridgehead atoms. The van der Waals surface area contributed by atoms with Gasteiger partial charge in [0, 0.05) is 0 Å². The van der Waals surface area contributed by atoms with E-state index in [1.807, 2.05) is 35.7 Å². The largest absolute Gasteiger partial charge is 0.468 e. The van der Waals surface area contributed by atoms with Crippen LogP contribution in [-0.4, -0.2) is 22.2 Å². The number of amides is 1. The van der Waals surface area contributed by atoms with Gasteiger partial charge in [0.2, 0.25) is 0 Å². The number of carbonyl (C=O) groups excluding carboxylic acids is 1. The van der Waals surface area contributed by atoms with Gasteiger partial charge >= 0.3 is 0 Å². The zero-order valence-electron chi connectivity index (χ0n) is 11.7. The van der Waals surface area contributed by atoms with Crippen LogP contribution in [0.2, 0.25) is 0 Å². The summed E-state index contributed by atoms with van der Waals surface area (Å²) >= 11 is 1.61. The van der Waals surface area contributed by atoms with Gasteiger partial charge in [0.15, 0.2) is 0 Å². The molecular formula is C15H14N4O2S. The maximum Gasteiger partial charge on any atom is 0.269 e. The Morgan fingerprint density at radius 3 is 3.18 bits per heavy atom. The van der Waals surface area contributed by atoms with Crippen LogP contribution in [0, 0.1) is 0 Å². The number of aromatic nitrogens is 2. The summed E-state index contributed by atoms with van der Waals surface area (Å²) in [5.41, 5.74) is 1.40. The first-order chi connectivity index (χ1) is 10.8. The summed E-state index contributed by atoms with van der Waals surface area (Å²) in [4.78, 5) is 13.1. The lowest BCUT2D eigenvalue weighted by molar-refractivity contribution is 0.0899. The topological polar surface area (TPSA) is 72.1 Å². The molecule has 22 heavy (non-hydrogen) atoms. The van der Waals surface area contributed by atoms with Gasteiger partial charge in [0.25, 0.3) is 5.91 Å². The molecular weight excluding hydrogens is 300 g/mol. The third-order valence-electron chi connectivity index (χ3n) is 3.59. The molecule has 4 heterocycles. The molecule has 0 radical (unpaired) electrons. The summed E-state index contributed by atoms with van der Waals surface area (Å²) in [6, 6.07) is 9.58. The van der Waals surface area contributed by atoms with E-state index in [-0.39, 0.29) is 12.1 Å². The first kappa shape index (κ1) is 13.3. The number of nitrogens with zero attached hydrogens (tertiary/aromatic N) is 2. The average molecular weight is 314 g/mol. The molecule has 0 saturated carbocycles. The van der Waals surface area contributed by atoms with Crippen molar-refractivity contribution in [2.24, 2.45) is 0 Å². The van der Waals surface area contributed by atoms with Crippen LogP contribution in [-0.2, 0) is 6.54 Å². The van der Waals surface area contributed by atoms with E-state index in [1.165, 1.54) is 0 Å². The van der Waals surface area contributed by atoms with Crippen molar-refractivity contribution in [3.63, 3.8) is 0 Å². The van der Waals surface area contributed by atoms with E-state index in [0.29, 0.717) is 18.8 Å². The zero-order chi connectivity index (χ0) is 14.9. The van der Waals surface area contributed by atoms with Crippen molar-refractivity contribution in [2.45, 2.75) is 12.7 Å². The van der Waals surface area contributed by atoms with Crippen LogP contribution in [0.4, 0.5) is 0 Å². The highest BCUT2D eigenvalue weighted by Crippen LogP contribution is 2.26. The third kappa shape index (κ3) is 2.34. The van der Waals surface area contributed by atoms with Crippen LogP contribution >= 0.6 is 11.3 Å². The molecule has 0 fully saturated rings. The minimum atomic E-state index is -0.0913. The molecule has 0 saturated heterocycles. The van der Waals surface area contributed by atoms with Crippen molar-refractivity contribution in [3.05, 3.63) is 53.4 Å². The Labute approximate surface area is 130 Å². The maximum atomic E-state index is 12.0. The normalized spacial score (nSPS) is 17.3. The molecule has 3 aromatic rings. The summed E-state index contributed by atoms with van der Waals surface area (Å²) < 4.78 is 7.08. The maximum absolute atomic E-state index is 12.0. The first-order valence-corrected chi connectivity index (χ1v) is 7.86. The number of hydrogen-bond donors (Lipinski definition) is 2. The van der Waals surface area contributed by atoms with Crippen LogP contribution in [0.15, 0.2) is 46.4 Å². The smallest absolute Gasteiger partial charge is 0.269 e. The lowest BCUT2D eigenvalue weighted by Gasteiger charge is -2.25. The molecule has 112 valence electrons. The Balaban J connectivity index is 1.61. The Morgan fingerprint density at radius 1 is 1.45 bits per heavy atom. The van der Waals surface area contributed by atoms with Crippen molar-refractivity contribution < 1.29 is 9.21 Å². The number of carbonyl (C=O) groups is 1.